The van der Waals surface area contributed by atoms with Gasteiger partial charge < -0.3 is 37.2 Å². The maximum atomic E-state index is 16.3. The van der Waals surface area contributed by atoms with Crippen LogP contribution in [0.15, 0.2) is 177 Å². The second-order valence-electron chi connectivity index (χ2n) is 24.1. The van der Waals surface area contributed by atoms with Crippen LogP contribution in [0.3, 0.4) is 0 Å². The topological polar surface area (TPSA) is 261 Å². The lowest BCUT2D eigenvalue weighted by Crippen LogP contribution is -2.42. The molecule has 4 amide bonds. The zero-order valence-electron chi connectivity index (χ0n) is 51.5. The van der Waals surface area contributed by atoms with Gasteiger partial charge in [0.05, 0.1) is 53.2 Å². The summed E-state index contributed by atoms with van der Waals surface area (Å²) in [6.07, 6.45) is 0. The van der Waals surface area contributed by atoms with Gasteiger partial charge in [0.1, 0.15) is 46.0 Å². The minimum Gasteiger partial charge on any atom is -0.457 e. The molecule has 0 saturated heterocycles. The fourth-order valence-corrected chi connectivity index (χ4v) is 14.3. The Hall–Kier alpha value is -9.36. The summed E-state index contributed by atoms with van der Waals surface area (Å²) >= 11 is -9.63. The Labute approximate surface area is 548 Å². The SMILES string of the molecule is CC(C)c1cccc(C(C)C)c1N1C(=O)c2cc(Oc3ccc(S(=O)O)cc3)c3c4c(Oc5ccc(S(=O)O)cc5)cc5c6c(cc(Oc7ccc(S(=O)O)cc7)c(c7c(Oc8ccc(S(=O)O)cc8)cc(c2c37)C1=O)c64)C(=O)N(c1c(C(C)C)cccc1C(C)C)C5=O. The van der Waals surface area contributed by atoms with Crippen molar-refractivity contribution in [3.63, 3.8) is 0 Å². The molecule has 0 radical (unpaired) electrons. The number of para-hydroxylation sites is 2. The van der Waals surface area contributed by atoms with Crippen molar-refractivity contribution in [3.05, 3.63) is 202 Å². The average Bonchev–Trinajstić information content (AvgIpc) is 0.673. The van der Waals surface area contributed by atoms with Gasteiger partial charge in [-0.05, 0) is 167 Å². The van der Waals surface area contributed by atoms with Crippen molar-refractivity contribution in [2.45, 2.75) is 98.6 Å². The molecule has 0 fully saturated rings. The zero-order valence-corrected chi connectivity index (χ0v) is 54.8. The summed E-state index contributed by atoms with van der Waals surface area (Å²) in [7, 11) is 0. The normalized spacial score (nSPS) is 14.6. The van der Waals surface area contributed by atoms with E-state index in [1.54, 1.807) is 0 Å². The Morgan fingerprint density at radius 2 is 0.500 bits per heavy atom. The van der Waals surface area contributed by atoms with Crippen molar-refractivity contribution in [1.82, 2.24) is 0 Å². The van der Waals surface area contributed by atoms with Crippen molar-refractivity contribution in [2.24, 2.45) is 0 Å². The molecule has 0 bridgehead atoms. The zero-order chi connectivity index (χ0) is 66.6. The van der Waals surface area contributed by atoms with Crippen molar-refractivity contribution in [3.8, 4) is 46.0 Å². The number of hydrogen-bond acceptors (Lipinski definition) is 12. The van der Waals surface area contributed by atoms with Gasteiger partial charge in [0.15, 0.2) is 44.3 Å². The molecule has 0 saturated carbocycles. The molecule has 4 unspecified atom stereocenters. The lowest BCUT2D eigenvalue weighted by atomic mass is 9.80. The average molecular weight is 1340 g/mol. The first-order valence-corrected chi connectivity index (χ1v) is 34.3. The van der Waals surface area contributed by atoms with E-state index in [9.17, 15) is 35.0 Å². The monoisotopic (exact) mass is 1330 g/mol. The van der Waals surface area contributed by atoms with Crippen LogP contribution in [0.5, 0.6) is 46.0 Å². The van der Waals surface area contributed by atoms with Crippen LogP contribution in [0.2, 0.25) is 0 Å². The number of rotatable bonds is 18. The number of carbonyl (C=O) groups excluding carboxylic acids is 4. The molecule has 18 nitrogen and oxygen atoms in total. The van der Waals surface area contributed by atoms with Crippen LogP contribution in [0.25, 0.3) is 43.1 Å². The fraction of sp³-hybridized carbons (Fsp3) is 0.167. The lowest BCUT2D eigenvalue weighted by molar-refractivity contribution is 0.0877. The summed E-state index contributed by atoms with van der Waals surface area (Å²) in [6.45, 7) is 15.6. The summed E-state index contributed by atoms with van der Waals surface area (Å²) in [4.78, 5) is 67.6. The molecule has 11 aromatic carbocycles. The van der Waals surface area contributed by atoms with Crippen molar-refractivity contribution in [2.75, 3.05) is 9.80 Å². The number of fused-ring (bicyclic) bond motifs is 2. The molecule has 0 aliphatic carbocycles. The summed E-state index contributed by atoms with van der Waals surface area (Å²) in [6, 6.07) is 39.9. The second-order valence-corrected chi connectivity index (χ2v) is 27.9. The number of hydrogen-bond donors (Lipinski definition) is 4. The van der Waals surface area contributed by atoms with E-state index in [4.69, 9.17) is 18.9 Å². The van der Waals surface area contributed by atoms with E-state index < -0.39 is 68.0 Å². The number of ether oxygens (including phenoxy) is 4. The van der Waals surface area contributed by atoms with E-state index in [0.717, 1.165) is 9.80 Å². The Morgan fingerprint density at radius 1 is 0.298 bits per heavy atom. The van der Waals surface area contributed by atoms with Crippen molar-refractivity contribution < 1.29 is 73.2 Å². The highest BCUT2D eigenvalue weighted by atomic mass is 32.2. The van der Waals surface area contributed by atoms with Crippen LogP contribution < -0.4 is 28.7 Å². The molecule has 476 valence electrons. The first-order chi connectivity index (χ1) is 44.9. The smallest absolute Gasteiger partial charge is 0.266 e. The molecule has 2 heterocycles. The number of anilines is 2. The molecular weight excluding hydrogens is 1280 g/mol. The van der Waals surface area contributed by atoms with Crippen LogP contribution >= 0.6 is 0 Å². The number of nitrogens with zero attached hydrogens (tertiary/aromatic N) is 2. The first-order valence-electron chi connectivity index (χ1n) is 29.9. The Kier molecular flexibility index (Phi) is 16.5. The molecule has 94 heavy (non-hydrogen) atoms. The highest BCUT2D eigenvalue weighted by molar-refractivity contribution is 7.80. The standard InChI is InChI=1S/C72H58N2O16S4/c1-35(2)47-11-9-12-48(36(3)4)67(47)73-69(75)51-31-55(87-39-15-23-43(24-16-39)91(79)80)61-63-57(89-41-19-27-45(28-20-41)93(83)84)33-53-60-54(72(78)74(71(53)77)68-49(37(5)6)13-10-14-50(68)38(7)8)34-58(90-42-21-29-46(30-22-42)94(85)86)64(66(60)63)62-56(32-52(70(73)76)59(51)65(61)62)88-40-17-25-44(26-18-40)92(81)82/h9-38H,1-8H3,(H,79,80)(H,81,82)(H,83,84)(H,85,86). The summed E-state index contributed by atoms with van der Waals surface area (Å²) < 4.78 is 119. The number of carbonyl (C=O) groups is 4. The third kappa shape index (κ3) is 10.7. The minimum absolute atomic E-state index is 0.0304. The predicted molar refractivity (Wildman–Crippen MR) is 361 cm³/mol. The highest BCUT2D eigenvalue weighted by Crippen LogP contribution is 2.59. The molecule has 4 atom stereocenters. The van der Waals surface area contributed by atoms with Gasteiger partial charge in [-0.2, -0.15) is 0 Å². The maximum Gasteiger partial charge on any atom is 0.266 e. The third-order valence-corrected chi connectivity index (χ3v) is 19.7. The van der Waals surface area contributed by atoms with Gasteiger partial charge in [-0.1, -0.05) is 91.8 Å². The van der Waals surface area contributed by atoms with Crippen molar-refractivity contribution in [1.29, 1.82) is 0 Å². The van der Waals surface area contributed by atoms with Gasteiger partial charge in [0.25, 0.3) is 23.6 Å². The largest absolute Gasteiger partial charge is 0.457 e. The number of benzene rings is 11. The van der Waals surface area contributed by atoms with Crippen LogP contribution in [-0.2, 0) is 44.3 Å². The van der Waals surface area contributed by atoms with Crippen LogP contribution in [0, 0.1) is 0 Å². The number of amides is 4. The Morgan fingerprint density at radius 3 is 0.681 bits per heavy atom. The molecule has 22 heteroatoms. The highest BCUT2D eigenvalue weighted by Gasteiger charge is 2.44. The van der Waals surface area contributed by atoms with Gasteiger partial charge in [0, 0.05) is 43.1 Å². The molecule has 4 N–H and O–H groups in total. The van der Waals surface area contributed by atoms with Crippen molar-refractivity contribution >= 4 is 122 Å². The molecule has 0 aromatic heterocycles. The van der Waals surface area contributed by atoms with E-state index in [1.165, 1.54) is 121 Å². The fourth-order valence-electron chi connectivity index (χ4n) is 12.8. The second kappa shape index (κ2) is 24.5. The first kappa shape index (κ1) is 63.4. The van der Waals surface area contributed by atoms with E-state index in [1.807, 2.05) is 91.8 Å². The van der Waals surface area contributed by atoms with E-state index >= 15 is 19.2 Å². The summed E-state index contributed by atoms with van der Waals surface area (Å²) in [5.74, 6) is -3.66. The van der Waals surface area contributed by atoms with E-state index in [-0.39, 0.29) is 155 Å². The van der Waals surface area contributed by atoms with Gasteiger partial charge >= 0.3 is 0 Å². The van der Waals surface area contributed by atoms with Gasteiger partial charge in [-0.15, -0.1) is 0 Å². The molecule has 13 rings (SSSR count). The van der Waals surface area contributed by atoms with Gasteiger partial charge in [-0.3, -0.25) is 19.2 Å². The number of imide groups is 2. The van der Waals surface area contributed by atoms with Crippen LogP contribution in [0.4, 0.5) is 11.4 Å². The molecule has 0 spiro atoms. The molecule has 11 aromatic rings. The molecule has 2 aliphatic rings. The van der Waals surface area contributed by atoms with Crippen LogP contribution in [-0.4, -0.2) is 58.7 Å². The van der Waals surface area contributed by atoms with E-state index in [0.29, 0.717) is 33.6 Å². The van der Waals surface area contributed by atoms with Gasteiger partial charge in [-0.25, -0.2) is 26.6 Å². The van der Waals surface area contributed by atoms with Gasteiger partial charge in [0.2, 0.25) is 0 Å². The van der Waals surface area contributed by atoms with Crippen LogP contribution in [0.1, 0.15) is 143 Å². The third-order valence-electron chi connectivity index (χ3n) is 17.0. The predicted octanol–water partition coefficient (Wildman–Crippen LogP) is 17.3. The lowest BCUT2D eigenvalue weighted by Gasteiger charge is -2.35. The maximum absolute atomic E-state index is 16.3. The summed E-state index contributed by atoms with van der Waals surface area (Å²) in [5, 5.41) is 0.955. The molecule has 2 aliphatic heterocycles. The van der Waals surface area contributed by atoms with E-state index in [2.05, 4.69) is 0 Å². The quantitative estimate of drug-likeness (QED) is 0.0269. The Balaban J connectivity index is 1.26. The molecular formula is C72H58N2O16S4. The summed E-state index contributed by atoms with van der Waals surface area (Å²) in [5.41, 5.74) is 3.40. The minimum atomic E-state index is -2.41. The Bertz CT molecular complexity index is 4510.